The normalized spacial score (nSPS) is 19.8. The molecule has 1 atom stereocenters. The van der Waals surface area contributed by atoms with Crippen molar-refractivity contribution in [3.05, 3.63) is 41.6 Å². The fourth-order valence-electron chi connectivity index (χ4n) is 1.77. The molecule has 0 radical (unpaired) electrons. The lowest BCUT2D eigenvalue weighted by atomic mass is 10.2. The minimum Gasteiger partial charge on any atom is -0.310 e. The van der Waals surface area contributed by atoms with Gasteiger partial charge in [-0.3, -0.25) is 4.99 Å². The van der Waals surface area contributed by atoms with E-state index in [0.29, 0.717) is 0 Å². The minimum absolute atomic E-state index is 0.331. The zero-order chi connectivity index (χ0) is 11.5. The molecular weight excluding hydrogens is 220 g/mol. The van der Waals surface area contributed by atoms with Crippen LogP contribution in [0, 0.1) is 6.92 Å². The van der Waals surface area contributed by atoms with Crippen molar-refractivity contribution in [2.75, 3.05) is 4.90 Å². The Morgan fingerprint density at radius 2 is 2.00 bits per heavy atom. The highest BCUT2D eigenvalue weighted by Crippen LogP contribution is 2.28. The number of hydrogen-bond donors (Lipinski definition) is 0. The topological polar surface area (TPSA) is 15.6 Å². The van der Waals surface area contributed by atoms with Gasteiger partial charge >= 0.3 is 0 Å². The number of alkyl halides is 1. The maximum Gasteiger partial charge on any atom is 0.201 e. The van der Waals surface area contributed by atoms with E-state index in [9.17, 15) is 0 Å². The van der Waals surface area contributed by atoms with Crippen LogP contribution in [0.4, 0.5) is 5.69 Å². The van der Waals surface area contributed by atoms with Gasteiger partial charge in [0, 0.05) is 17.6 Å². The molecular formula is C13H15ClN2. The fraction of sp³-hybridized carbons (Fsp3) is 0.308. The fourth-order valence-corrected chi connectivity index (χ4v) is 2.07. The first-order valence-electron chi connectivity index (χ1n) is 5.44. The Hall–Kier alpha value is -1.28. The van der Waals surface area contributed by atoms with Crippen LogP contribution in [0.5, 0.6) is 0 Å². The molecule has 0 saturated heterocycles. The lowest BCUT2D eigenvalue weighted by Gasteiger charge is -2.31. The molecule has 0 fully saturated rings. The molecule has 0 N–H and O–H groups in total. The summed E-state index contributed by atoms with van der Waals surface area (Å²) in [6.07, 6.45) is 4.74. The van der Waals surface area contributed by atoms with Crippen LogP contribution >= 0.6 is 11.6 Å². The molecule has 1 aromatic rings. The first-order chi connectivity index (χ1) is 7.72. The highest BCUT2D eigenvalue weighted by Gasteiger charge is 2.20. The Kier molecular flexibility index (Phi) is 3.30. The molecule has 1 heterocycles. The predicted octanol–water partition coefficient (Wildman–Crippen LogP) is 3.70. The number of hydrogen-bond acceptors (Lipinski definition) is 2. The van der Waals surface area contributed by atoms with Crippen LogP contribution in [-0.2, 0) is 0 Å². The smallest absolute Gasteiger partial charge is 0.201 e. The molecule has 84 valence electrons. The molecule has 16 heavy (non-hydrogen) atoms. The van der Waals surface area contributed by atoms with E-state index in [-0.39, 0.29) is 5.62 Å². The Bertz CT molecular complexity index is 420. The van der Waals surface area contributed by atoms with Crippen LogP contribution in [0.1, 0.15) is 18.9 Å². The van der Waals surface area contributed by atoms with Crippen molar-refractivity contribution >= 4 is 23.5 Å². The van der Waals surface area contributed by atoms with Crippen molar-refractivity contribution in [1.29, 1.82) is 0 Å². The van der Waals surface area contributed by atoms with Crippen molar-refractivity contribution in [3.8, 4) is 0 Å². The van der Waals surface area contributed by atoms with Crippen LogP contribution in [0.25, 0.3) is 0 Å². The summed E-state index contributed by atoms with van der Waals surface area (Å²) in [4.78, 5) is 6.25. The first-order valence-corrected chi connectivity index (χ1v) is 5.88. The van der Waals surface area contributed by atoms with E-state index in [1.54, 1.807) is 6.21 Å². The molecule has 0 aliphatic carbocycles. The lowest BCUT2D eigenvalue weighted by Crippen LogP contribution is -2.31. The van der Waals surface area contributed by atoms with Gasteiger partial charge in [-0.15, -0.1) is 0 Å². The Morgan fingerprint density at radius 3 is 2.62 bits per heavy atom. The SMILES string of the molecule is CCC1=CC=NC(Cl)N1c1ccc(C)cc1. The number of nitrogens with zero attached hydrogens (tertiary/aromatic N) is 2. The Labute approximate surface area is 101 Å². The van der Waals surface area contributed by atoms with Gasteiger partial charge in [-0.2, -0.15) is 0 Å². The van der Waals surface area contributed by atoms with E-state index in [1.165, 1.54) is 11.3 Å². The number of rotatable bonds is 2. The van der Waals surface area contributed by atoms with Gasteiger partial charge in [-0.1, -0.05) is 36.2 Å². The zero-order valence-electron chi connectivity index (χ0n) is 9.52. The van der Waals surface area contributed by atoms with Crippen molar-refractivity contribution in [2.24, 2.45) is 4.99 Å². The van der Waals surface area contributed by atoms with E-state index in [4.69, 9.17) is 11.6 Å². The molecule has 3 heteroatoms. The third-order valence-corrected chi connectivity index (χ3v) is 2.98. The van der Waals surface area contributed by atoms with Crippen LogP contribution in [-0.4, -0.2) is 11.8 Å². The van der Waals surface area contributed by atoms with Gasteiger partial charge in [-0.05, 0) is 31.6 Å². The molecule has 0 saturated carbocycles. The van der Waals surface area contributed by atoms with Crippen LogP contribution in [0.15, 0.2) is 41.0 Å². The minimum atomic E-state index is -0.331. The van der Waals surface area contributed by atoms with Crippen molar-refractivity contribution in [3.63, 3.8) is 0 Å². The monoisotopic (exact) mass is 234 g/mol. The van der Waals surface area contributed by atoms with E-state index < -0.39 is 0 Å². The van der Waals surface area contributed by atoms with E-state index in [1.807, 2.05) is 6.08 Å². The Morgan fingerprint density at radius 1 is 1.31 bits per heavy atom. The van der Waals surface area contributed by atoms with E-state index in [0.717, 1.165) is 12.1 Å². The molecule has 2 rings (SSSR count). The number of aliphatic imine (C=N–C) groups is 1. The number of allylic oxidation sites excluding steroid dienone is 2. The lowest BCUT2D eigenvalue weighted by molar-refractivity contribution is 0.814. The summed E-state index contributed by atoms with van der Waals surface area (Å²) in [7, 11) is 0. The summed E-state index contributed by atoms with van der Waals surface area (Å²) in [5.74, 6) is 0. The van der Waals surface area contributed by atoms with Crippen molar-refractivity contribution in [2.45, 2.75) is 25.9 Å². The number of anilines is 1. The average Bonchev–Trinajstić information content (AvgIpc) is 2.30. The quantitative estimate of drug-likeness (QED) is 0.563. The average molecular weight is 235 g/mol. The maximum atomic E-state index is 6.22. The molecule has 1 aromatic carbocycles. The molecule has 0 spiro atoms. The molecule has 1 aliphatic heterocycles. The van der Waals surface area contributed by atoms with E-state index in [2.05, 4.69) is 48.0 Å². The molecule has 0 bridgehead atoms. The Balaban J connectivity index is 2.34. The second-order valence-corrected chi connectivity index (χ2v) is 4.22. The summed E-state index contributed by atoms with van der Waals surface area (Å²) in [6.45, 7) is 4.20. The van der Waals surface area contributed by atoms with Gasteiger partial charge in [-0.25, -0.2) is 0 Å². The molecule has 0 amide bonds. The highest BCUT2D eigenvalue weighted by molar-refractivity contribution is 6.22. The summed E-state index contributed by atoms with van der Waals surface area (Å²) in [5, 5.41) is 0. The summed E-state index contributed by atoms with van der Waals surface area (Å²) in [6, 6.07) is 8.33. The second-order valence-electron chi connectivity index (χ2n) is 3.83. The van der Waals surface area contributed by atoms with Gasteiger partial charge in [0.2, 0.25) is 5.62 Å². The van der Waals surface area contributed by atoms with Crippen LogP contribution < -0.4 is 4.90 Å². The molecule has 0 aromatic heterocycles. The van der Waals surface area contributed by atoms with Crippen molar-refractivity contribution in [1.82, 2.24) is 0 Å². The van der Waals surface area contributed by atoms with E-state index >= 15 is 0 Å². The number of benzene rings is 1. The van der Waals surface area contributed by atoms with Gasteiger partial charge in [0.25, 0.3) is 0 Å². The standard InChI is InChI=1S/C13H15ClN2/c1-3-11-8-9-15-13(14)16(11)12-6-4-10(2)5-7-12/h4-9,13H,3H2,1-2H3. The first kappa shape index (κ1) is 11.2. The molecule has 1 aliphatic rings. The van der Waals surface area contributed by atoms with Crippen molar-refractivity contribution < 1.29 is 0 Å². The van der Waals surface area contributed by atoms with Gasteiger partial charge in [0.05, 0.1) is 0 Å². The number of aryl methyl sites for hydroxylation is 1. The summed E-state index contributed by atoms with van der Waals surface area (Å²) >= 11 is 6.22. The van der Waals surface area contributed by atoms with Gasteiger partial charge in [0.15, 0.2) is 0 Å². The van der Waals surface area contributed by atoms with Gasteiger partial charge in [0.1, 0.15) is 0 Å². The van der Waals surface area contributed by atoms with Crippen LogP contribution in [0.2, 0.25) is 0 Å². The predicted molar refractivity (Wildman–Crippen MR) is 70.2 cm³/mol. The maximum absolute atomic E-state index is 6.22. The van der Waals surface area contributed by atoms with Crippen LogP contribution in [0.3, 0.4) is 0 Å². The second kappa shape index (κ2) is 4.71. The third kappa shape index (κ3) is 2.12. The molecule has 1 unspecified atom stereocenters. The zero-order valence-corrected chi connectivity index (χ0v) is 10.3. The number of halogens is 1. The molecule has 2 nitrogen and oxygen atoms in total. The summed E-state index contributed by atoms with van der Waals surface area (Å²) < 4.78 is 0. The highest BCUT2D eigenvalue weighted by atomic mass is 35.5. The van der Waals surface area contributed by atoms with Gasteiger partial charge < -0.3 is 4.90 Å². The third-order valence-electron chi connectivity index (χ3n) is 2.67. The largest absolute Gasteiger partial charge is 0.310 e. The summed E-state index contributed by atoms with van der Waals surface area (Å²) in [5.41, 5.74) is 3.20.